The second kappa shape index (κ2) is 5.32. The second-order valence-electron chi connectivity index (χ2n) is 3.54. The van der Waals surface area contributed by atoms with Crippen molar-refractivity contribution in [1.82, 2.24) is 4.98 Å². The number of nitrogens with zero attached hydrogens (tertiary/aromatic N) is 1. The Morgan fingerprint density at radius 1 is 1.16 bits per heavy atom. The van der Waals surface area contributed by atoms with Crippen molar-refractivity contribution < 1.29 is 12.8 Å². The van der Waals surface area contributed by atoms with Crippen molar-refractivity contribution in [3.05, 3.63) is 52.5 Å². The highest BCUT2D eigenvalue weighted by Gasteiger charge is 2.18. The largest absolute Gasteiger partial charge is 0.279 e. The second-order valence-corrected chi connectivity index (χ2v) is 6.01. The van der Waals surface area contributed by atoms with Crippen LogP contribution >= 0.6 is 23.2 Å². The molecule has 1 aromatic carbocycles. The predicted molar refractivity (Wildman–Crippen MR) is 71.5 cm³/mol. The fourth-order valence-electron chi connectivity index (χ4n) is 1.33. The lowest BCUT2D eigenvalue weighted by molar-refractivity contribution is 0.600. The van der Waals surface area contributed by atoms with E-state index in [4.69, 9.17) is 23.2 Å². The van der Waals surface area contributed by atoms with Crippen LogP contribution in [0.5, 0.6) is 0 Å². The molecule has 2 aromatic rings. The fraction of sp³-hybridized carbons (Fsp3) is 0. The molecule has 0 bridgehead atoms. The molecule has 8 heteroatoms. The Bertz CT molecular complexity index is 722. The molecule has 0 spiro atoms. The highest BCUT2D eigenvalue weighted by molar-refractivity contribution is 7.92. The summed E-state index contributed by atoms with van der Waals surface area (Å²) in [6.45, 7) is 0. The number of hydrogen-bond donors (Lipinski definition) is 1. The van der Waals surface area contributed by atoms with E-state index in [-0.39, 0.29) is 20.6 Å². The Hall–Kier alpha value is -1.37. The van der Waals surface area contributed by atoms with E-state index in [0.29, 0.717) is 0 Å². The Kier molecular flexibility index (Phi) is 3.93. The maximum atomic E-state index is 13.0. The van der Waals surface area contributed by atoms with E-state index < -0.39 is 15.8 Å². The normalized spacial score (nSPS) is 11.3. The average Bonchev–Trinajstić information content (AvgIpc) is 2.34. The zero-order valence-electron chi connectivity index (χ0n) is 9.27. The number of benzene rings is 1. The quantitative estimate of drug-likeness (QED) is 0.943. The molecule has 0 aliphatic heterocycles. The number of hydrogen-bond acceptors (Lipinski definition) is 3. The Balaban J connectivity index is 2.37. The van der Waals surface area contributed by atoms with Gasteiger partial charge in [-0.1, -0.05) is 23.2 Å². The van der Waals surface area contributed by atoms with E-state index in [1.54, 1.807) is 0 Å². The van der Waals surface area contributed by atoms with Crippen LogP contribution in [0.4, 0.5) is 10.1 Å². The third-order valence-corrected chi connectivity index (χ3v) is 4.34. The molecule has 0 amide bonds. The van der Waals surface area contributed by atoms with Crippen LogP contribution in [0.1, 0.15) is 0 Å². The van der Waals surface area contributed by atoms with Crippen molar-refractivity contribution in [2.24, 2.45) is 0 Å². The van der Waals surface area contributed by atoms with E-state index in [1.165, 1.54) is 24.4 Å². The standard InChI is InChI=1S/C11H7Cl2FN2O2S/c12-8-3-4-15-6-11(8)19(17,18)16-7-1-2-10(14)9(13)5-7/h1-6,16H. The van der Waals surface area contributed by atoms with Crippen LogP contribution in [-0.2, 0) is 10.0 Å². The molecule has 0 radical (unpaired) electrons. The molecule has 0 saturated carbocycles. The topological polar surface area (TPSA) is 59.1 Å². The first-order valence-corrected chi connectivity index (χ1v) is 7.21. The SMILES string of the molecule is O=S(=O)(Nc1ccc(F)c(Cl)c1)c1cnccc1Cl. The van der Waals surface area contributed by atoms with Crippen LogP contribution in [-0.4, -0.2) is 13.4 Å². The van der Waals surface area contributed by atoms with Crippen molar-refractivity contribution >= 4 is 38.9 Å². The molecular weight excluding hydrogens is 314 g/mol. The van der Waals surface area contributed by atoms with E-state index in [9.17, 15) is 12.8 Å². The van der Waals surface area contributed by atoms with Crippen molar-refractivity contribution in [2.75, 3.05) is 4.72 Å². The van der Waals surface area contributed by atoms with Gasteiger partial charge < -0.3 is 0 Å². The lowest BCUT2D eigenvalue weighted by Gasteiger charge is -2.09. The van der Waals surface area contributed by atoms with Gasteiger partial charge >= 0.3 is 0 Å². The first-order chi connectivity index (χ1) is 8.90. The van der Waals surface area contributed by atoms with E-state index in [0.717, 1.165) is 12.3 Å². The van der Waals surface area contributed by atoms with Gasteiger partial charge in [-0.3, -0.25) is 9.71 Å². The first kappa shape index (κ1) is 14.0. The fourth-order valence-corrected chi connectivity index (χ4v) is 2.99. The number of nitrogens with one attached hydrogen (secondary N) is 1. The van der Waals surface area contributed by atoms with Crippen LogP contribution in [0.15, 0.2) is 41.6 Å². The van der Waals surface area contributed by atoms with Gasteiger partial charge in [0.15, 0.2) is 0 Å². The lowest BCUT2D eigenvalue weighted by atomic mass is 10.3. The smallest absolute Gasteiger partial charge is 0.264 e. The zero-order chi connectivity index (χ0) is 14.0. The molecule has 0 aliphatic carbocycles. The van der Waals surface area contributed by atoms with Crippen molar-refractivity contribution in [2.45, 2.75) is 4.90 Å². The Morgan fingerprint density at radius 3 is 2.53 bits per heavy atom. The summed E-state index contributed by atoms with van der Waals surface area (Å²) in [7, 11) is -3.90. The molecule has 0 unspecified atom stereocenters. The summed E-state index contributed by atoms with van der Waals surface area (Å²) in [5.74, 6) is -0.635. The maximum Gasteiger partial charge on any atom is 0.264 e. The van der Waals surface area contributed by atoms with Crippen molar-refractivity contribution in [3.8, 4) is 0 Å². The van der Waals surface area contributed by atoms with Gasteiger partial charge in [-0.25, -0.2) is 12.8 Å². The Labute approximate surface area is 119 Å². The van der Waals surface area contributed by atoms with Crippen LogP contribution in [0.3, 0.4) is 0 Å². The molecule has 0 aliphatic rings. The maximum absolute atomic E-state index is 13.0. The third kappa shape index (κ3) is 3.15. The number of anilines is 1. The first-order valence-electron chi connectivity index (χ1n) is 4.97. The van der Waals surface area contributed by atoms with Crippen LogP contribution in [0.2, 0.25) is 10.0 Å². The Morgan fingerprint density at radius 2 is 1.89 bits per heavy atom. The summed E-state index contributed by atoms with van der Waals surface area (Å²) in [5.41, 5.74) is 0.131. The molecule has 0 fully saturated rings. The van der Waals surface area contributed by atoms with Gasteiger partial charge in [0.25, 0.3) is 10.0 Å². The molecular formula is C11H7Cl2FN2O2S. The summed E-state index contributed by atoms with van der Waals surface area (Å²) >= 11 is 11.4. The lowest BCUT2D eigenvalue weighted by Crippen LogP contribution is -2.13. The molecule has 1 N–H and O–H groups in total. The van der Waals surface area contributed by atoms with Crippen molar-refractivity contribution in [1.29, 1.82) is 0 Å². The van der Waals surface area contributed by atoms with Gasteiger partial charge in [0.1, 0.15) is 10.7 Å². The molecule has 1 aromatic heterocycles. The van der Waals surface area contributed by atoms with Crippen molar-refractivity contribution in [3.63, 3.8) is 0 Å². The molecule has 2 rings (SSSR count). The highest BCUT2D eigenvalue weighted by Crippen LogP contribution is 2.24. The van der Waals surface area contributed by atoms with Gasteiger partial charge in [0.05, 0.1) is 15.7 Å². The van der Waals surface area contributed by atoms with Gasteiger partial charge in [0, 0.05) is 12.4 Å². The third-order valence-electron chi connectivity index (χ3n) is 2.20. The van der Waals surface area contributed by atoms with Gasteiger partial charge in [-0.15, -0.1) is 0 Å². The van der Waals surface area contributed by atoms with E-state index in [1.807, 2.05) is 0 Å². The monoisotopic (exact) mass is 320 g/mol. The predicted octanol–water partition coefficient (Wildman–Crippen LogP) is 3.33. The van der Waals surface area contributed by atoms with Gasteiger partial charge in [0.2, 0.25) is 0 Å². The van der Waals surface area contributed by atoms with Crippen LogP contribution in [0.25, 0.3) is 0 Å². The molecule has 100 valence electrons. The molecule has 0 saturated heterocycles. The number of rotatable bonds is 3. The van der Waals surface area contributed by atoms with E-state index in [2.05, 4.69) is 9.71 Å². The minimum Gasteiger partial charge on any atom is -0.279 e. The van der Waals surface area contributed by atoms with Crippen LogP contribution < -0.4 is 4.72 Å². The molecule has 4 nitrogen and oxygen atoms in total. The molecule has 19 heavy (non-hydrogen) atoms. The van der Waals surface area contributed by atoms with Gasteiger partial charge in [-0.05, 0) is 24.3 Å². The molecule has 0 atom stereocenters. The summed E-state index contributed by atoms with van der Waals surface area (Å²) in [6, 6.07) is 4.83. The summed E-state index contributed by atoms with van der Waals surface area (Å²) in [5, 5.41) is -0.145. The zero-order valence-corrected chi connectivity index (χ0v) is 11.6. The summed E-state index contributed by atoms with van der Waals surface area (Å²) < 4.78 is 39.3. The summed E-state index contributed by atoms with van der Waals surface area (Å²) in [6.07, 6.45) is 2.49. The van der Waals surface area contributed by atoms with Crippen LogP contribution in [0, 0.1) is 5.82 Å². The number of halogens is 3. The van der Waals surface area contributed by atoms with E-state index >= 15 is 0 Å². The minimum atomic E-state index is -3.90. The summed E-state index contributed by atoms with van der Waals surface area (Å²) in [4.78, 5) is 3.53. The molecule has 1 heterocycles. The number of pyridine rings is 1. The number of aromatic nitrogens is 1. The number of sulfonamides is 1. The highest BCUT2D eigenvalue weighted by atomic mass is 35.5. The average molecular weight is 321 g/mol. The van der Waals surface area contributed by atoms with Gasteiger partial charge in [-0.2, -0.15) is 0 Å². The minimum absolute atomic E-state index is 0.0377.